The molecule has 0 heterocycles. The van der Waals surface area contributed by atoms with Gasteiger partial charge in [0.05, 0.1) is 16.9 Å². The summed E-state index contributed by atoms with van der Waals surface area (Å²) in [6, 6.07) is 13.4. The van der Waals surface area contributed by atoms with E-state index in [-0.39, 0.29) is 12.5 Å². The highest BCUT2D eigenvalue weighted by Crippen LogP contribution is 2.25. The molecule has 0 saturated heterocycles. The van der Waals surface area contributed by atoms with Gasteiger partial charge in [-0.3, -0.25) is 4.79 Å². The van der Waals surface area contributed by atoms with Crippen molar-refractivity contribution in [2.75, 3.05) is 31.7 Å². The average Bonchev–Trinajstić information content (AvgIpc) is 2.69. The minimum absolute atomic E-state index is 0.111. The number of amides is 1. The molecule has 1 amide bonds. The van der Waals surface area contributed by atoms with E-state index in [0.29, 0.717) is 5.75 Å². The van der Waals surface area contributed by atoms with Crippen molar-refractivity contribution in [1.82, 2.24) is 5.43 Å². The molecule has 0 spiro atoms. The SMILES string of the molecule is CCN(CC)c1ccc(/C=N/NC(=O)COc2ccc(OC)cc2I)cc1. The lowest BCUT2D eigenvalue weighted by Gasteiger charge is -2.20. The highest BCUT2D eigenvalue weighted by Gasteiger charge is 2.06. The van der Waals surface area contributed by atoms with Crippen LogP contribution in [0, 0.1) is 3.57 Å². The van der Waals surface area contributed by atoms with Crippen molar-refractivity contribution in [2.45, 2.75) is 13.8 Å². The predicted octanol–water partition coefficient (Wildman–Crippen LogP) is 3.68. The third-order valence-corrected chi connectivity index (χ3v) is 4.77. The van der Waals surface area contributed by atoms with Crippen molar-refractivity contribution in [1.29, 1.82) is 0 Å². The molecule has 0 radical (unpaired) electrons. The first-order chi connectivity index (χ1) is 13.1. The number of anilines is 1. The van der Waals surface area contributed by atoms with Gasteiger partial charge in [0.25, 0.3) is 5.91 Å². The zero-order valence-electron chi connectivity index (χ0n) is 15.7. The van der Waals surface area contributed by atoms with Gasteiger partial charge in [0.15, 0.2) is 6.61 Å². The van der Waals surface area contributed by atoms with Crippen LogP contribution < -0.4 is 19.8 Å². The largest absolute Gasteiger partial charge is 0.497 e. The number of ether oxygens (including phenoxy) is 2. The molecule has 6 nitrogen and oxygen atoms in total. The molecule has 2 aromatic rings. The Morgan fingerprint density at radius 1 is 1.19 bits per heavy atom. The number of hydrogen-bond donors (Lipinski definition) is 1. The molecule has 0 fully saturated rings. The van der Waals surface area contributed by atoms with Crippen LogP contribution in [0.15, 0.2) is 47.6 Å². The number of carbonyl (C=O) groups excluding carboxylic acids is 1. The lowest BCUT2D eigenvalue weighted by atomic mass is 10.2. The topological polar surface area (TPSA) is 63.2 Å². The van der Waals surface area contributed by atoms with Crippen LogP contribution in [0.1, 0.15) is 19.4 Å². The predicted molar refractivity (Wildman–Crippen MR) is 117 cm³/mol. The smallest absolute Gasteiger partial charge is 0.277 e. The van der Waals surface area contributed by atoms with E-state index >= 15 is 0 Å². The zero-order valence-corrected chi connectivity index (χ0v) is 17.9. The van der Waals surface area contributed by atoms with E-state index in [1.54, 1.807) is 25.5 Å². The van der Waals surface area contributed by atoms with E-state index < -0.39 is 0 Å². The molecule has 2 aromatic carbocycles. The first kappa shape index (κ1) is 21.0. The van der Waals surface area contributed by atoms with Crippen LogP contribution in [0.5, 0.6) is 11.5 Å². The summed E-state index contributed by atoms with van der Waals surface area (Å²) in [4.78, 5) is 14.1. The number of nitrogens with zero attached hydrogens (tertiary/aromatic N) is 2. The van der Waals surface area contributed by atoms with Crippen LogP contribution >= 0.6 is 22.6 Å². The summed E-state index contributed by atoms with van der Waals surface area (Å²) in [6.45, 7) is 6.08. The number of hydrogen-bond acceptors (Lipinski definition) is 5. The fourth-order valence-electron chi connectivity index (χ4n) is 2.44. The molecule has 0 unspecified atom stereocenters. The van der Waals surface area contributed by atoms with Crippen molar-refractivity contribution in [3.8, 4) is 11.5 Å². The van der Waals surface area contributed by atoms with E-state index in [9.17, 15) is 4.79 Å². The van der Waals surface area contributed by atoms with Gasteiger partial charge in [-0.2, -0.15) is 5.10 Å². The van der Waals surface area contributed by atoms with Gasteiger partial charge < -0.3 is 14.4 Å². The van der Waals surface area contributed by atoms with Crippen LogP contribution in [0.25, 0.3) is 0 Å². The average molecular weight is 481 g/mol. The first-order valence-electron chi connectivity index (χ1n) is 8.70. The summed E-state index contributed by atoms with van der Waals surface area (Å²) in [7, 11) is 1.61. The summed E-state index contributed by atoms with van der Waals surface area (Å²) >= 11 is 2.14. The van der Waals surface area contributed by atoms with E-state index in [0.717, 1.165) is 28.0 Å². The number of nitrogens with one attached hydrogen (secondary N) is 1. The fraction of sp³-hybridized carbons (Fsp3) is 0.300. The molecule has 0 bridgehead atoms. The Morgan fingerprint density at radius 3 is 2.48 bits per heavy atom. The Balaban J connectivity index is 1.83. The first-order valence-corrected chi connectivity index (χ1v) is 9.78. The molecule has 1 N–H and O–H groups in total. The van der Waals surface area contributed by atoms with Crippen molar-refractivity contribution in [3.63, 3.8) is 0 Å². The highest BCUT2D eigenvalue weighted by atomic mass is 127. The molecular weight excluding hydrogens is 457 g/mol. The molecular formula is C20H24IN3O3. The van der Waals surface area contributed by atoms with Crippen molar-refractivity contribution in [2.24, 2.45) is 5.10 Å². The number of halogens is 1. The Labute approximate surface area is 173 Å². The molecule has 0 atom stereocenters. The van der Waals surface area contributed by atoms with Crippen LogP contribution in [-0.2, 0) is 4.79 Å². The van der Waals surface area contributed by atoms with E-state index in [4.69, 9.17) is 9.47 Å². The van der Waals surface area contributed by atoms with Crippen molar-refractivity contribution >= 4 is 40.4 Å². The molecule has 144 valence electrons. The molecule has 2 rings (SSSR count). The summed E-state index contributed by atoms with van der Waals surface area (Å²) in [5.41, 5.74) is 4.55. The summed E-state index contributed by atoms with van der Waals surface area (Å²) in [5, 5.41) is 3.98. The quantitative estimate of drug-likeness (QED) is 0.337. The van der Waals surface area contributed by atoms with Gasteiger partial charge in [0, 0.05) is 18.8 Å². The van der Waals surface area contributed by atoms with Gasteiger partial charge in [-0.1, -0.05) is 12.1 Å². The Bertz CT molecular complexity index is 775. The van der Waals surface area contributed by atoms with Crippen LogP contribution in [0.2, 0.25) is 0 Å². The van der Waals surface area contributed by atoms with Gasteiger partial charge in [0.2, 0.25) is 0 Å². The van der Waals surface area contributed by atoms with Gasteiger partial charge in [-0.05, 0) is 72.3 Å². The Kier molecular flexibility index (Phi) is 8.38. The normalized spacial score (nSPS) is 10.7. The van der Waals surface area contributed by atoms with Crippen molar-refractivity contribution < 1.29 is 14.3 Å². The standard InChI is InChI=1S/C20H24IN3O3/c1-4-24(5-2)16-8-6-15(7-9-16)13-22-23-20(25)14-27-19-11-10-17(26-3)12-18(19)21/h6-13H,4-5,14H2,1-3H3,(H,23,25)/b22-13+. The van der Waals surface area contributed by atoms with E-state index in [1.165, 1.54) is 5.69 Å². The molecule has 0 saturated carbocycles. The van der Waals surface area contributed by atoms with Crippen LogP contribution in [0.4, 0.5) is 5.69 Å². The number of carbonyl (C=O) groups is 1. The monoisotopic (exact) mass is 481 g/mol. The van der Waals surface area contributed by atoms with Gasteiger partial charge >= 0.3 is 0 Å². The van der Waals surface area contributed by atoms with Crippen LogP contribution in [0.3, 0.4) is 0 Å². The highest BCUT2D eigenvalue weighted by molar-refractivity contribution is 14.1. The summed E-state index contributed by atoms with van der Waals surface area (Å²) in [5.74, 6) is 1.05. The van der Waals surface area contributed by atoms with Crippen molar-refractivity contribution in [3.05, 3.63) is 51.6 Å². The minimum Gasteiger partial charge on any atom is -0.497 e. The fourth-order valence-corrected chi connectivity index (χ4v) is 3.08. The second-order valence-corrected chi connectivity index (χ2v) is 6.80. The minimum atomic E-state index is -0.322. The third-order valence-electron chi connectivity index (χ3n) is 3.92. The summed E-state index contributed by atoms with van der Waals surface area (Å²) < 4.78 is 11.5. The summed E-state index contributed by atoms with van der Waals surface area (Å²) in [6.07, 6.45) is 1.61. The molecule has 0 aliphatic rings. The van der Waals surface area contributed by atoms with Gasteiger partial charge in [-0.25, -0.2) is 5.43 Å². The van der Waals surface area contributed by atoms with E-state index in [1.807, 2.05) is 30.3 Å². The molecule has 27 heavy (non-hydrogen) atoms. The third kappa shape index (κ3) is 6.42. The number of benzene rings is 2. The second-order valence-electron chi connectivity index (χ2n) is 5.64. The number of rotatable bonds is 9. The maximum atomic E-state index is 11.9. The lowest BCUT2D eigenvalue weighted by molar-refractivity contribution is -0.123. The maximum absolute atomic E-state index is 11.9. The van der Waals surface area contributed by atoms with Gasteiger partial charge in [0.1, 0.15) is 11.5 Å². The molecule has 0 aliphatic carbocycles. The maximum Gasteiger partial charge on any atom is 0.277 e. The number of methoxy groups -OCH3 is 1. The molecule has 0 aromatic heterocycles. The lowest BCUT2D eigenvalue weighted by Crippen LogP contribution is -2.24. The Morgan fingerprint density at radius 2 is 1.89 bits per heavy atom. The van der Waals surface area contributed by atoms with Crippen LogP contribution in [-0.4, -0.2) is 38.9 Å². The molecule has 0 aliphatic heterocycles. The molecule has 7 heteroatoms. The van der Waals surface area contributed by atoms with Gasteiger partial charge in [-0.15, -0.1) is 0 Å². The zero-order chi connectivity index (χ0) is 19.6. The Hall–Kier alpha value is -2.29. The van der Waals surface area contributed by atoms with E-state index in [2.05, 4.69) is 51.9 Å². The second kappa shape index (κ2) is 10.8. The number of hydrazone groups is 1.